The Labute approximate surface area is 182 Å². The summed E-state index contributed by atoms with van der Waals surface area (Å²) in [4.78, 5) is 25.1. The minimum absolute atomic E-state index is 0.0884. The van der Waals surface area contributed by atoms with Gasteiger partial charge in [0.2, 0.25) is 5.91 Å². The van der Waals surface area contributed by atoms with Gasteiger partial charge in [0, 0.05) is 25.2 Å². The van der Waals surface area contributed by atoms with Crippen LogP contribution in [-0.4, -0.2) is 60.0 Å². The fraction of sp³-hybridized carbons (Fsp3) is 0.333. The highest BCUT2D eigenvalue weighted by Gasteiger charge is 2.34. The minimum atomic E-state index is -0.206. The molecule has 1 N–H and O–H groups in total. The van der Waals surface area contributed by atoms with Crippen LogP contribution in [0.3, 0.4) is 0 Å². The van der Waals surface area contributed by atoms with E-state index < -0.39 is 0 Å². The summed E-state index contributed by atoms with van der Waals surface area (Å²) in [6, 6.07) is 15.6. The summed E-state index contributed by atoms with van der Waals surface area (Å²) in [6.45, 7) is 1.67. The van der Waals surface area contributed by atoms with Crippen molar-refractivity contribution in [2.24, 2.45) is 0 Å². The molecular weight excluding hydrogens is 392 g/mol. The number of aromatic nitrogens is 2. The number of rotatable bonds is 7. The first-order chi connectivity index (χ1) is 15.1. The summed E-state index contributed by atoms with van der Waals surface area (Å²) in [5.41, 5.74) is 4.18. The van der Waals surface area contributed by atoms with Gasteiger partial charge in [-0.3, -0.25) is 9.69 Å². The molecular formula is C24H28N4O3. The van der Waals surface area contributed by atoms with E-state index in [9.17, 15) is 4.79 Å². The zero-order valence-corrected chi connectivity index (χ0v) is 18.2. The number of carbonyl (C=O) groups is 1. The number of ether oxygens (including phenoxy) is 2. The van der Waals surface area contributed by atoms with Crippen LogP contribution in [0.2, 0.25) is 0 Å². The summed E-state index contributed by atoms with van der Waals surface area (Å²) in [5.74, 6) is 1.71. The number of amides is 1. The van der Waals surface area contributed by atoms with Crippen molar-refractivity contribution in [1.29, 1.82) is 0 Å². The number of hydrogen-bond acceptors (Lipinski definition) is 5. The number of carbonyl (C=O) groups excluding carboxylic acids is 1. The lowest BCUT2D eigenvalue weighted by atomic mass is 9.95. The molecule has 7 heteroatoms. The molecule has 0 saturated carbocycles. The third-order valence-corrected chi connectivity index (χ3v) is 5.69. The number of methoxy groups -OCH3 is 2. The molecule has 1 amide bonds. The predicted molar refractivity (Wildman–Crippen MR) is 118 cm³/mol. The Morgan fingerprint density at radius 1 is 1.10 bits per heavy atom. The van der Waals surface area contributed by atoms with E-state index in [0.29, 0.717) is 19.6 Å². The van der Waals surface area contributed by atoms with E-state index in [4.69, 9.17) is 9.47 Å². The molecule has 1 aliphatic rings. The smallest absolute Gasteiger partial charge is 0.237 e. The van der Waals surface area contributed by atoms with Gasteiger partial charge in [0.05, 0.1) is 32.8 Å². The van der Waals surface area contributed by atoms with Crippen LogP contribution >= 0.6 is 0 Å². The molecule has 0 radical (unpaired) electrons. The molecule has 0 unspecified atom stereocenters. The summed E-state index contributed by atoms with van der Waals surface area (Å²) in [5, 5.41) is 0. The maximum atomic E-state index is 13.3. The van der Waals surface area contributed by atoms with Crippen molar-refractivity contribution >= 4 is 5.91 Å². The second-order valence-electron chi connectivity index (χ2n) is 7.80. The SMILES string of the molecule is COc1ccc(CN(C)CC(=O)N2CCc3[nH]cnc3[C@@H]2c2ccc(OC)cc2)cc1. The van der Waals surface area contributed by atoms with Crippen molar-refractivity contribution in [2.45, 2.75) is 19.0 Å². The molecule has 4 rings (SSSR count). The second kappa shape index (κ2) is 9.22. The lowest BCUT2D eigenvalue weighted by Crippen LogP contribution is -2.45. The number of aromatic amines is 1. The predicted octanol–water partition coefficient (Wildman–Crippen LogP) is 3.03. The highest BCUT2D eigenvalue weighted by Crippen LogP contribution is 2.34. The van der Waals surface area contributed by atoms with Gasteiger partial charge >= 0.3 is 0 Å². The quantitative estimate of drug-likeness (QED) is 0.636. The Hall–Kier alpha value is -3.32. The molecule has 1 atom stereocenters. The van der Waals surface area contributed by atoms with Crippen LogP contribution in [0, 0.1) is 0 Å². The van der Waals surface area contributed by atoms with Gasteiger partial charge < -0.3 is 19.4 Å². The number of fused-ring (bicyclic) bond motifs is 1. The van der Waals surface area contributed by atoms with Crippen LogP contribution in [0.25, 0.3) is 0 Å². The first-order valence-corrected chi connectivity index (χ1v) is 10.4. The lowest BCUT2D eigenvalue weighted by molar-refractivity contribution is -0.134. The maximum absolute atomic E-state index is 13.3. The van der Waals surface area contributed by atoms with Gasteiger partial charge in [-0.25, -0.2) is 4.98 Å². The monoisotopic (exact) mass is 420 g/mol. The van der Waals surface area contributed by atoms with E-state index in [0.717, 1.165) is 40.4 Å². The average Bonchev–Trinajstić information content (AvgIpc) is 3.28. The number of hydrogen-bond donors (Lipinski definition) is 1. The molecule has 0 bridgehead atoms. The van der Waals surface area contributed by atoms with Gasteiger partial charge in [-0.2, -0.15) is 0 Å². The third kappa shape index (κ3) is 4.56. The Morgan fingerprint density at radius 2 is 1.74 bits per heavy atom. The van der Waals surface area contributed by atoms with Crippen LogP contribution in [0.15, 0.2) is 54.9 Å². The normalized spacial score (nSPS) is 15.6. The molecule has 0 fully saturated rings. The van der Waals surface area contributed by atoms with Crippen LogP contribution in [0.1, 0.15) is 28.6 Å². The first-order valence-electron chi connectivity index (χ1n) is 10.4. The van der Waals surface area contributed by atoms with Crippen molar-refractivity contribution < 1.29 is 14.3 Å². The minimum Gasteiger partial charge on any atom is -0.497 e. The third-order valence-electron chi connectivity index (χ3n) is 5.69. The largest absolute Gasteiger partial charge is 0.497 e. The molecule has 0 aliphatic carbocycles. The molecule has 7 nitrogen and oxygen atoms in total. The van der Waals surface area contributed by atoms with Gasteiger partial charge in [0.15, 0.2) is 0 Å². The second-order valence-corrected chi connectivity index (χ2v) is 7.80. The summed E-state index contributed by atoms with van der Waals surface area (Å²) in [7, 11) is 5.27. The Morgan fingerprint density at radius 3 is 2.39 bits per heavy atom. The van der Waals surface area contributed by atoms with E-state index in [1.54, 1.807) is 20.5 Å². The number of nitrogens with one attached hydrogen (secondary N) is 1. The number of imidazole rings is 1. The summed E-state index contributed by atoms with van der Waals surface area (Å²) >= 11 is 0. The number of benzene rings is 2. The zero-order valence-electron chi connectivity index (χ0n) is 18.2. The van der Waals surface area contributed by atoms with Crippen LogP contribution in [-0.2, 0) is 17.8 Å². The molecule has 1 aliphatic heterocycles. The average molecular weight is 421 g/mol. The molecule has 162 valence electrons. The van der Waals surface area contributed by atoms with Gasteiger partial charge in [-0.05, 0) is 42.4 Å². The summed E-state index contributed by atoms with van der Waals surface area (Å²) < 4.78 is 10.5. The highest BCUT2D eigenvalue weighted by molar-refractivity contribution is 5.79. The van der Waals surface area contributed by atoms with E-state index in [1.807, 2.05) is 65.4 Å². The van der Waals surface area contributed by atoms with Gasteiger partial charge in [-0.15, -0.1) is 0 Å². The molecule has 31 heavy (non-hydrogen) atoms. The van der Waals surface area contributed by atoms with E-state index in [-0.39, 0.29) is 11.9 Å². The molecule has 3 aromatic rings. The van der Waals surface area contributed by atoms with Crippen LogP contribution in [0.5, 0.6) is 11.5 Å². The Kier molecular flexibility index (Phi) is 6.23. The standard InChI is InChI=1S/C24H28N4O3/c1-27(14-17-4-8-19(30-2)9-5-17)15-22(29)28-13-12-21-23(26-16-25-21)24(28)18-6-10-20(31-3)11-7-18/h4-11,16,24H,12-15H2,1-3H3,(H,25,26)/t24-/m0/s1. The van der Waals surface area contributed by atoms with Gasteiger partial charge in [-0.1, -0.05) is 24.3 Å². The topological polar surface area (TPSA) is 70.7 Å². The fourth-order valence-corrected chi connectivity index (χ4v) is 4.09. The highest BCUT2D eigenvalue weighted by atomic mass is 16.5. The Balaban J connectivity index is 1.50. The zero-order chi connectivity index (χ0) is 21.8. The summed E-state index contributed by atoms with van der Waals surface area (Å²) in [6.07, 6.45) is 2.49. The molecule has 2 aromatic carbocycles. The Bertz CT molecular complexity index is 1010. The van der Waals surface area contributed by atoms with Gasteiger partial charge in [0.1, 0.15) is 17.5 Å². The lowest BCUT2D eigenvalue weighted by Gasteiger charge is -2.36. The molecule has 0 saturated heterocycles. The van der Waals surface area contributed by atoms with E-state index in [2.05, 4.69) is 9.97 Å². The van der Waals surface area contributed by atoms with Crippen LogP contribution in [0.4, 0.5) is 0 Å². The number of likely N-dealkylation sites (N-methyl/N-ethyl adjacent to an activating group) is 1. The van der Waals surface area contributed by atoms with Crippen molar-refractivity contribution in [3.63, 3.8) is 0 Å². The van der Waals surface area contributed by atoms with E-state index >= 15 is 0 Å². The van der Waals surface area contributed by atoms with Crippen LogP contribution < -0.4 is 9.47 Å². The number of H-pyrrole nitrogens is 1. The molecule has 0 spiro atoms. The van der Waals surface area contributed by atoms with Crippen molar-refractivity contribution in [1.82, 2.24) is 19.8 Å². The van der Waals surface area contributed by atoms with Crippen molar-refractivity contribution in [2.75, 3.05) is 34.4 Å². The number of nitrogens with zero attached hydrogens (tertiary/aromatic N) is 3. The molecule has 2 heterocycles. The van der Waals surface area contributed by atoms with Crippen molar-refractivity contribution in [3.8, 4) is 11.5 Å². The van der Waals surface area contributed by atoms with E-state index in [1.165, 1.54) is 0 Å². The molecule has 1 aromatic heterocycles. The van der Waals surface area contributed by atoms with Crippen molar-refractivity contribution in [3.05, 3.63) is 77.4 Å². The first kappa shape index (κ1) is 20.9. The maximum Gasteiger partial charge on any atom is 0.237 e. The van der Waals surface area contributed by atoms with Gasteiger partial charge in [0.25, 0.3) is 0 Å². The fourth-order valence-electron chi connectivity index (χ4n) is 4.09.